The molecule has 2 fully saturated rings. The molecule has 2 aliphatic heterocycles. The van der Waals surface area contributed by atoms with Gasteiger partial charge in [0.15, 0.2) is 0 Å². The number of unbranched alkanes of at least 4 members (excludes halogenated alkanes) is 2. The Morgan fingerprint density at radius 1 is 1.21 bits per heavy atom. The highest BCUT2D eigenvalue weighted by Gasteiger charge is 2.47. The Balaban J connectivity index is 1.98. The van der Waals surface area contributed by atoms with Crippen molar-refractivity contribution < 1.29 is 24.9 Å². The van der Waals surface area contributed by atoms with Crippen LogP contribution in [0.2, 0.25) is 0 Å². The minimum Gasteiger partial charge on any atom is -0.388 e. The fourth-order valence-electron chi connectivity index (χ4n) is 4.17. The van der Waals surface area contributed by atoms with Gasteiger partial charge in [0.05, 0.1) is 12.1 Å². The smallest absolute Gasteiger partial charge is 0.237 e. The molecule has 1 amide bonds. The van der Waals surface area contributed by atoms with Gasteiger partial charge >= 0.3 is 0 Å². The monoisotopic (exact) mass is 418 g/mol. The van der Waals surface area contributed by atoms with Crippen molar-refractivity contribution in [2.75, 3.05) is 12.8 Å². The van der Waals surface area contributed by atoms with Crippen LogP contribution in [0.1, 0.15) is 52.9 Å². The van der Waals surface area contributed by atoms with Crippen molar-refractivity contribution in [3.8, 4) is 0 Å². The number of hydrogen-bond acceptors (Lipinski definition) is 7. The number of amides is 1. The molecule has 0 aromatic heterocycles. The molecule has 2 saturated heterocycles. The highest BCUT2D eigenvalue weighted by Crippen LogP contribution is 2.30. The van der Waals surface area contributed by atoms with Crippen molar-refractivity contribution in [2.24, 2.45) is 11.8 Å². The van der Waals surface area contributed by atoms with Crippen LogP contribution in [0.5, 0.6) is 0 Å². The summed E-state index contributed by atoms with van der Waals surface area (Å²) < 4.78 is 5.87. The quantitative estimate of drug-likeness (QED) is 0.353. The van der Waals surface area contributed by atoms with Crippen molar-refractivity contribution >= 4 is 17.7 Å². The lowest BCUT2D eigenvalue weighted by atomic mass is 9.88. The van der Waals surface area contributed by atoms with Crippen molar-refractivity contribution in [2.45, 2.75) is 94.8 Å². The van der Waals surface area contributed by atoms with Gasteiger partial charge in [0, 0.05) is 0 Å². The van der Waals surface area contributed by atoms with Gasteiger partial charge in [-0.1, -0.05) is 40.0 Å². The van der Waals surface area contributed by atoms with Crippen molar-refractivity contribution in [1.82, 2.24) is 10.6 Å². The van der Waals surface area contributed by atoms with Gasteiger partial charge in [-0.3, -0.25) is 4.79 Å². The van der Waals surface area contributed by atoms with Crippen LogP contribution in [0.4, 0.5) is 0 Å². The number of rotatable bonds is 9. The fourth-order valence-corrected chi connectivity index (χ4v) is 4.85. The summed E-state index contributed by atoms with van der Waals surface area (Å²) in [6.07, 6.45) is 2.86. The number of hydrogen-bond donors (Lipinski definition) is 5. The molecule has 2 heterocycles. The average Bonchev–Trinajstić information content (AvgIpc) is 3.14. The van der Waals surface area contributed by atoms with Crippen molar-refractivity contribution in [1.29, 1.82) is 0 Å². The maximum Gasteiger partial charge on any atom is 0.237 e. The van der Waals surface area contributed by atoms with Gasteiger partial charge in [-0.05, 0) is 37.5 Å². The first kappa shape index (κ1) is 23.9. The van der Waals surface area contributed by atoms with E-state index in [1.165, 1.54) is 31.0 Å². The predicted molar refractivity (Wildman–Crippen MR) is 111 cm³/mol. The summed E-state index contributed by atoms with van der Waals surface area (Å²) in [5, 5.41) is 37.1. The molecule has 164 valence electrons. The Kier molecular flexibility index (Phi) is 9.50. The van der Waals surface area contributed by atoms with Crippen molar-refractivity contribution in [3.63, 3.8) is 0 Å². The third-order valence-corrected chi connectivity index (χ3v) is 6.83. The number of aliphatic hydroxyl groups is 3. The number of thioether (sulfide) groups is 1. The molecular formula is C20H38N2O5S. The Morgan fingerprint density at radius 2 is 1.93 bits per heavy atom. The van der Waals surface area contributed by atoms with Crippen LogP contribution in [0.25, 0.3) is 0 Å². The van der Waals surface area contributed by atoms with E-state index in [-0.39, 0.29) is 17.9 Å². The number of carbonyl (C=O) groups is 1. The van der Waals surface area contributed by atoms with Gasteiger partial charge in [0.1, 0.15) is 29.9 Å². The molecule has 0 aromatic rings. The largest absolute Gasteiger partial charge is 0.388 e. The second kappa shape index (κ2) is 11.1. The summed E-state index contributed by atoms with van der Waals surface area (Å²) >= 11 is 1.28. The van der Waals surface area contributed by atoms with Gasteiger partial charge in [0.25, 0.3) is 0 Å². The highest BCUT2D eigenvalue weighted by molar-refractivity contribution is 7.99. The van der Waals surface area contributed by atoms with Crippen LogP contribution in [0.3, 0.4) is 0 Å². The molecule has 0 aromatic carbocycles. The Labute approximate surface area is 173 Å². The molecule has 8 atom stereocenters. The first-order chi connectivity index (χ1) is 13.3. The molecular weight excluding hydrogens is 380 g/mol. The van der Waals surface area contributed by atoms with Crippen LogP contribution in [-0.2, 0) is 9.53 Å². The molecule has 5 N–H and O–H groups in total. The number of nitrogens with one attached hydrogen (secondary N) is 2. The van der Waals surface area contributed by atoms with E-state index in [9.17, 15) is 20.1 Å². The third kappa shape index (κ3) is 5.83. The number of aliphatic hydroxyl groups excluding tert-OH is 3. The minimum absolute atomic E-state index is 0.00435. The number of ether oxygens (including phenoxy) is 1. The standard InChI is InChI=1S/C20H38N2O5S/c1-5-6-7-8-12-9-13(21-10-12)19(26)22-14(11(2)3)18-16(24)15(23)17(25)20(27-18)28-4/h11-18,20-21,23-25H,5-10H2,1-4H3,(H,22,26). The van der Waals surface area contributed by atoms with E-state index in [1.807, 2.05) is 13.8 Å². The van der Waals surface area contributed by atoms with E-state index in [2.05, 4.69) is 17.6 Å². The summed E-state index contributed by atoms with van der Waals surface area (Å²) in [6.45, 7) is 6.94. The van der Waals surface area contributed by atoms with Crippen molar-refractivity contribution in [3.05, 3.63) is 0 Å². The van der Waals surface area contributed by atoms with Gasteiger partial charge in [0.2, 0.25) is 5.91 Å². The minimum atomic E-state index is -1.30. The van der Waals surface area contributed by atoms with Gasteiger partial charge in [-0.15, -0.1) is 11.8 Å². The molecule has 0 saturated carbocycles. The van der Waals surface area contributed by atoms with Gasteiger partial charge in [-0.25, -0.2) is 0 Å². The maximum absolute atomic E-state index is 12.9. The highest BCUT2D eigenvalue weighted by atomic mass is 32.2. The molecule has 0 radical (unpaired) electrons. The van der Waals surface area contributed by atoms with E-state index in [0.717, 1.165) is 19.4 Å². The third-order valence-electron chi connectivity index (χ3n) is 5.97. The van der Waals surface area contributed by atoms with Gasteiger partial charge in [-0.2, -0.15) is 0 Å². The lowest BCUT2D eigenvalue weighted by Crippen LogP contribution is -2.64. The zero-order chi connectivity index (χ0) is 20.8. The number of carbonyl (C=O) groups excluding carboxylic acids is 1. The van der Waals surface area contributed by atoms with Crippen LogP contribution in [-0.4, -0.2) is 76.0 Å². The first-order valence-electron chi connectivity index (χ1n) is 10.6. The summed E-state index contributed by atoms with van der Waals surface area (Å²) in [5.41, 5.74) is -0.644. The normalized spacial score (nSPS) is 37.2. The van der Waals surface area contributed by atoms with Crippen LogP contribution < -0.4 is 10.6 Å². The van der Waals surface area contributed by atoms with E-state index in [0.29, 0.717) is 5.92 Å². The lowest BCUT2D eigenvalue weighted by Gasteiger charge is -2.44. The molecule has 2 aliphatic rings. The Bertz CT molecular complexity index is 493. The van der Waals surface area contributed by atoms with Crippen LogP contribution in [0, 0.1) is 11.8 Å². The maximum atomic E-state index is 12.9. The average molecular weight is 419 g/mol. The summed E-state index contributed by atoms with van der Waals surface area (Å²) in [4.78, 5) is 12.9. The molecule has 2 rings (SSSR count). The summed E-state index contributed by atoms with van der Waals surface area (Å²) in [5.74, 6) is 0.429. The summed E-state index contributed by atoms with van der Waals surface area (Å²) in [7, 11) is 0. The molecule has 7 nitrogen and oxygen atoms in total. The van der Waals surface area contributed by atoms with E-state index >= 15 is 0 Å². The second-order valence-corrected chi connectivity index (χ2v) is 9.45. The predicted octanol–water partition coefficient (Wildman–Crippen LogP) is 0.856. The zero-order valence-corrected chi connectivity index (χ0v) is 18.3. The molecule has 0 bridgehead atoms. The molecule has 0 aliphatic carbocycles. The van der Waals surface area contributed by atoms with Gasteiger partial charge < -0.3 is 30.7 Å². The van der Waals surface area contributed by atoms with E-state index in [4.69, 9.17) is 4.74 Å². The molecule has 28 heavy (non-hydrogen) atoms. The molecule has 8 unspecified atom stereocenters. The fraction of sp³-hybridized carbons (Fsp3) is 0.950. The first-order valence-corrected chi connectivity index (χ1v) is 11.8. The van der Waals surface area contributed by atoms with E-state index in [1.54, 1.807) is 6.26 Å². The van der Waals surface area contributed by atoms with E-state index < -0.39 is 35.9 Å². The van der Waals surface area contributed by atoms with Crippen LogP contribution >= 0.6 is 11.8 Å². The second-order valence-electron chi connectivity index (χ2n) is 8.51. The summed E-state index contributed by atoms with van der Waals surface area (Å²) in [6, 6.07) is -0.694. The zero-order valence-electron chi connectivity index (χ0n) is 17.5. The molecule has 0 spiro atoms. The molecule has 8 heteroatoms. The lowest BCUT2D eigenvalue weighted by molar-refractivity contribution is -0.208. The Hall–Kier alpha value is -0.380. The Morgan fingerprint density at radius 3 is 2.54 bits per heavy atom. The van der Waals surface area contributed by atoms with Crippen LogP contribution in [0.15, 0.2) is 0 Å². The topological polar surface area (TPSA) is 111 Å². The SMILES string of the molecule is CCCCCC1CNC(C(=O)NC(C(C)C)C2OC(SC)C(O)C(O)C2O)C1.